The molecular weight excluding hydrogens is 374 g/mol. The van der Waals surface area contributed by atoms with Crippen molar-refractivity contribution < 1.29 is 19.4 Å². The molecule has 28 heavy (non-hydrogen) atoms. The van der Waals surface area contributed by atoms with Gasteiger partial charge in [0.25, 0.3) is 0 Å². The number of carboxylic acid groups (broad SMARTS) is 1. The molecule has 0 radical (unpaired) electrons. The van der Waals surface area contributed by atoms with Gasteiger partial charge >= 0.3 is 5.97 Å². The number of carbonyl (C=O) groups is 2. The maximum Gasteiger partial charge on any atom is 0.307 e. The number of thiol groups is 1. The van der Waals surface area contributed by atoms with E-state index in [9.17, 15) is 9.59 Å². The van der Waals surface area contributed by atoms with Crippen molar-refractivity contribution >= 4 is 36.3 Å². The van der Waals surface area contributed by atoms with E-state index in [1.165, 1.54) is 0 Å². The minimum atomic E-state index is -0.910. The highest BCUT2D eigenvalue weighted by Gasteiger charge is 2.21. The second-order valence-corrected chi connectivity index (χ2v) is 7.75. The van der Waals surface area contributed by atoms with Gasteiger partial charge in [0.05, 0.1) is 6.42 Å². The molecule has 0 fully saturated rings. The summed E-state index contributed by atoms with van der Waals surface area (Å²) >= 11 is 4.36. The predicted octanol–water partition coefficient (Wildman–Crippen LogP) is 5.16. The van der Waals surface area contributed by atoms with Crippen LogP contribution in [0.4, 0.5) is 5.69 Å². The first-order chi connectivity index (χ1) is 13.1. The summed E-state index contributed by atoms with van der Waals surface area (Å²) in [5, 5.41) is 11.9. The second kappa shape index (κ2) is 8.97. The van der Waals surface area contributed by atoms with Crippen molar-refractivity contribution in [1.29, 1.82) is 0 Å². The third-order valence-corrected chi connectivity index (χ3v) is 4.38. The normalized spacial score (nSPS) is 11.0. The van der Waals surface area contributed by atoms with Gasteiger partial charge in [0.15, 0.2) is 0 Å². The first-order valence-electron chi connectivity index (χ1n) is 8.84. The van der Waals surface area contributed by atoms with Crippen LogP contribution in [0.5, 0.6) is 11.5 Å². The van der Waals surface area contributed by atoms with Crippen molar-refractivity contribution in [1.82, 2.24) is 0 Å². The third-order valence-electron chi connectivity index (χ3n) is 4.04. The van der Waals surface area contributed by atoms with E-state index in [4.69, 9.17) is 9.84 Å². The summed E-state index contributed by atoms with van der Waals surface area (Å²) in [4.78, 5) is 23.2. The minimum absolute atomic E-state index is 0.0819. The number of rotatable bonds is 7. The second-order valence-electron chi connectivity index (χ2n) is 7.43. The number of anilines is 1. The lowest BCUT2D eigenvalue weighted by Gasteiger charge is -2.19. The van der Waals surface area contributed by atoms with E-state index >= 15 is 0 Å². The van der Waals surface area contributed by atoms with Crippen molar-refractivity contribution in [3.63, 3.8) is 0 Å². The number of benzene rings is 2. The van der Waals surface area contributed by atoms with Crippen LogP contribution in [-0.2, 0) is 21.8 Å². The molecule has 2 N–H and O–H groups in total. The fourth-order valence-electron chi connectivity index (χ4n) is 2.44. The highest BCUT2D eigenvalue weighted by molar-refractivity contribution is 7.79. The van der Waals surface area contributed by atoms with Gasteiger partial charge in [0.1, 0.15) is 11.5 Å². The van der Waals surface area contributed by atoms with Crippen molar-refractivity contribution in [2.24, 2.45) is 5.41 Å². The summed E-state index contributed by atoms with van der Waals surface area (Å²) in [7, 11) is 0. The number of amides is 1. The van der Waals surface area contributed by atoms with Crippen molar-refractivity contribution in [2.75, 3.05) is 5.32 Å². The van der Waals surface area contributed by atoms with Crippen molar-refractivity contribution in [2.45, 2.75) is 32.9 Å². The van der Waals surface area contributed by atoms with Gasteiger partial charge in [-0.25, -0.2) is 0 Å². The van der Waals surface area contributed by atoms with Gasteiger partial charge in [-0.2, -0.15) is 12.6 Å². The molecule has 2 rings (SSSR count). The smallest absolute Gasteiger partial charge is 0.307 e. The van der Waals surface area contributed by atoms with Gasteiger partial charge in [-0.1, -0.05) is 45.6 Å². The van der Waals surface area contributed by atoms with E-state index in [1.54, 1.807) is 36.4 Å². The van der Waals surface area contributed by atoms with Gasteiger partial charge in [-0.3, -0.25) is 9.59 Å². The van der Waals surface area contributed by atoms with E-state index in [2.05, 4.69) is 24.5 Å². The zero-order valence-electron chi connectivity index (χ0n) is 16.3. The molecular formula is C22H25NO4S. The molecule has 6 heteroatoms. The topological polar surface area (TPSA) is 75.6 Å². The Balaban J connectivity index is 2.32. The lowest BCUT2D eigenvalue weighted by Crippen LogP contribution is -2.27. The Labute approximate surface area is 170 Å². The lowest BCUT2D eigenvalue weighted by molar-refractivity contribution is -0.136. The fourth-order valence-corrected chi connectivity index (χ4v) is 2.68. The van der Waals surface area contributed by atoms with Gasteiger partial charge in [-0.05, 0) is 29.8 Å². The maximum absolute atomic E-state index is 12.2. The number of nitrogens with one attached hydrogen (secondary N) is 1. The van der Waals surface area contributed by atoms with Gasteiger partial charge < -0.3 is 15.2 Å². The summed E-state index contributed by atoms with van der Waals surface area (Å²) in [5.41, 5.74) is 2.35. The SMILES string of the molecule is C=Cc1ccc(CC(=O)O)cc1Oc1ccc(NC(=O)C(C)(C)C)cc1CS. The minimum Gasteiger partial charge on any atom is -0.481 e. The number of carbonyl (C=O) groups excluding carboxylic acids is 1. The number of aliphatic carboxylic acids is 1. The first-order valence-corrected chi connectivity index (χ1v) is 9.47. The molecule has 0 saturated carbocycles. The van der Waals surface area contributed by atoms with E-state index in [0.29, 0.717) is 28.5 Å². The largest absolute Gasteiger partial charge is 0.481 e. The van der Waals surface area contributed by atoms with E-state index in [-0.39, 0.29) is 12.3 Å². The predicted molar refractivity (Wildman–Crippen MR) is 115 cm³/mol. The van der Waals surface area contributed by atoms with Gasteiger partial charge in [-0.15, -0.1) is 0 Å². The van der Waals surface area contributed by atoms with Crippen LogP contribution in [0.3, 0.4) is 0 Å². The Hall–Kier alpha value is -2.73. The van der Waals surface area contributed by atoms with Crippen LogP contribution in [0.15, 0.2) is 43.0 Å². The molecule has 0 aliphatic rings. The van der Waals surface area contributed by atoms with Crippen LogP contribution in [0.2, 0.25) is 0 Å². The molecule has 5 nitrogen and oxygen atoms in total. The third kappa shape index (κ3) is 5.63. The number of hydrogen-bond donors (Lipinski definition) is 3. The maximum atomic E-state index is 12.2. The monoisotopic (exact) mass is 399 g/mol. The van der Waals surface area contributed by atoms with Crippen molar-refractivity contribution in [3.05, 3.63) is 59.7 Å². The molecule has 2 aromatic rings. The summed E-state index contributed by atoms with van der Waals surface area (Å²) in [5.74, 6) is 0.517. The molecule has 1 amide bonds. The Morgan fingerprint density at radius 2 is 1.89 bits per heavy atom. The molecule has 0 bridgehead atoms. The quantitative estimate of drug-likeness (QED) is 0.562. The summed E-state index contributed by atoms with van der Waals surface area (Å²) in [6, 6.07) is 10.6. The zero-order valence-corrected chi connectivity index (χ0v) is 17.2. The lowest BCUT2D eigenvalue weighted by atomic mass is 9.95. The molecule has 0 aliphatic heterocycles. The first kappa shape index (κ1) is 21.6. The van der Waals surface area contributed by atoms with Crippen LogP contribution >= 0.6 is 12.6 Å². The molecule has 0 aliphatic carbocycles. The average Bonchev–Trinajstić information content (AvgIpc) is 2.62. The molecule has 0 saturated heterocycles. The van der Waals surface area contributed by atoms with E-state index in [1.807, 2.05) is 26.8 Å². The summed E-state index contributed by atoms with van der Waals surface area (Å²) in [6.07, 6.45) is 1.56. The molecule has 0 atom stereocenters. The van der Waals surface area contributed by atoms with Gasteiger partial charge in [0, 0.05) is 28.0 Å². The summed E-state index contributed by atoms with van der Waals surface area (Å²) in [6.45, 7) is 9.32. The van der Waals surface area contributed by atoms with Crippen LogP contribution in [0.1, 0.15) is 37.5 Å². The number of carboxylic acids is 1. The Kier molecular flexibility index (Phi) is 6.91. The van der Waals surface area contributed by atoms with Gasteiger partial charge in [0.2, 0.25) is 5.91 Å². The Morgan fingerprint density at radius 1 is 1.18 bits per heavy atom. The molecule has 0 unspecified atom stereocenters. The fraction of sp³-hybridized carbons (Fsp3) is 0.273. The Morgan fingerprint density at radius 3 is 2.46 bits per heavy atom. The van der Waals surface area contributed by atoms with Crippen LogP contribution in [0, 0.1) is 5.41 Å². The van der Waals surface area contributed by atoms with E-state index < -0.39 is 11.4 Å². The standard InChI is InChI=1S/C22H25NO4S/c1-5-15-7-6-14(11-20(24)25)10-19(15)27-18-9-8-17(12-16(18)13-28)23-21(26)22(2,3)4/h5-10,12,28H,1,11,13H2,2-4H3,(H,23,26)(H,24,25). The highest BCUT2D eigenvalue weighted by atomic mass is 32.1. The summed E-state index contributed by atoms with van der Waals surface area (Å²) < 4.78 is 6.05. The molecule has 0 heterocycles. The zero-order chi connectivity index (χ0) is 20.9. The highest BCUT2D eigenvalue weighted by Crippen LogP contribution is 2.32. The van der Waals surface area contributed by atoms with Crippen LogP contribution < -0.4 is 10.1 Å². The Bertz CT molecular complexity index is 900. The number of ether oxygens (including phenoxy) is 1. The van der Waals surface area contributed by atoms with Crippen LogP contribution in [0.25, 0.3) is 6.08 Å². The molecule has 148 valence electrons. The van der Waals surface area contributed by atoms with Crippen molar-refractivity contribution in [3.8, 4) is 11.5 Å². The average molecular weight is 400 g/mol. The van der Waals surface area contributed by atoms with E-state index in [0.717, 1.165) is 11.1 Å². The molecule has 0 aromatic heterocycles. The number of hydrogen-bond acceptors (Lipinski definition) is 4. The molecule has 0 spiro atoms. The molecule has 2 aromatic carbocycles. The van der Waals surface area contributed by atoms with Crippen LogP contribution in [-0.4, -0.2) is 17.0 Å².